The molecule has 154 valence electrons. The Balaban J connectivity index is 1.74. The number of rotatable bonds is 2. The number of hydrogen-bond acceptors (Lipinski definition) is 3. The molecule has 6 heteroatoms. The third-order valence-corrected chi connectivity index (χ3v) is 7.22. The number of likely N-dealkylation sites (tertiary alicyclic amines) is 1. The lowest BCUT2D eigenvalue weighted by atomic mass is 9.64. The highest BCUT2D eigenvalue weighted by Crippen LogP contribution is 2.48. The van der Waals surface area contributed by atoms with Crippen LogP contribution in [-0.2, 0) is 23.0 Å². The van der Waals surface area contributed by atoms with Gasteiger partial charge in [0.25, 0.3) is 0 Å². The number of carbonyl (C=O) groups is 1. The number of amides is 1. The fraction of sp³-hybridized carbons (Fsp3) is 0.478. The second kappa shape index (κ2) is 8.27. The van der Waals surface area contributed by atoms with Gasteiger partial charge in [-0.1, -0.05) is 17.7 Å². The third kappa shape index (κ3) is 3.79. The van der Waals surface area contributed by atoms with Crippen molar-refractivity contribution in [1.29, 1.82) is 0 Å². The first-order chi connectivity index (χ1) is 13.9. The van der Waals surface area contributed by atoms with Gasteiger partial charge in [-0.15, -0.1) is 0 Å². The molecule has 0 bridgehead atoms. The summed E-state index contributed by atoms with van der Waals surface area (Å²) in [7, 11) is 0. The van der Waals surface area contributed by atoms with Crippen LogP contribution in [-0.4, -0.2) is 35.7 Å². The number of benzene rings is 1. The zero-order valence-corrected chi connectivity index (χ0v) is 19.2. The lowest BCUT2D eigenvalue weighted by Gasteiger charge is -2.43. The van der Waals surface area contributed by atoms with E-state index in [4.69, 9.17) is 21.3 Å². The highest BCUT2D eigenvalue weighted by atomic mass is 79.9. The van der Waals surface area contributed by atoms with Gasteiger partial charge in [0.05, 0.1) is 12.3 Å². The van der Waals surface area contributed by atoms with Crippen LogP contribution in [0.5, 0.6) is 0 Å². The van der Waals surface area contributed by atoms with E-state index in [0.29, 0.717) is 25.6 Å². The first-order valence-electron chi connectivity index (χ1n) is 10.3. The van der Waals surface area contributed by atoms with Crippen molar-refractivity contribution in [2.24, 2.45) is 5.92 Å². The van der Waals surface area contributed by atoms with Crippen LogP contribution in [0.4, 0.5) is 4.79 Å². The molecular weight excluding hydrogens is 452 g/mol. The number of pyridine rings is 1. The molecule has 0 saturated carbocycles. The highest BCUT2D eigenvalue weighted by molar-refractivity contribution is 9.10. The zero-order chi connectivity index (χ0) is 20.6. The summed E-state index contributed by atoms with van der Waals surface area (Å²) in [5.41, 5.74) is 4.87. The van der Waals surface area contributed by atoms with Gasteiger partial charge in [0, 0.05) is 34.2 Å². The second-order valence-corrected chi connectivity index (χ2v) is 9.48. The van der Waals surface area contributed by atoms with Gasteiger partial charge in [-0.05, 0) is 96.3 Å². The van der Waals surface area contributed by atoms with E-state index in [1.807, 2.05) is 24.1 Å². The van der Waals surface area contributed by atoms with E-state index in [9.17, 15) is 4.79 Å². The van der Waals surface area contributed by atoms with Crippen LogP contribution >= 0.6 is 27.5 Å². The Morgan fingerprint density at radius 3 is 2.72 bits per heavy atom. The molecule has 0 spiro atoms. The molecule has 2 aromatic rings. The maximum absolute atomic E-state index is 12.2. The fourth-order valence-electron chi connectivity index (χ4n) is 5.08. The van der Waals surface area contributed by atoms with E-state index in [1.54, 1.807) is 0 Å². The average molecular weight is 478 g/mol. The lowest BCUT2D eigenvalue weighted by Crippen LogP contribution is -2.45. The Labute approximate surface area is 185 Å². The summed E-state index contributed by atoms with van der Waals surface area (Å²) < 4.78 is 6.21. The molecular formula is C23H26BrClN2O2. The number of halogens is 2. The van der Waals surface area contributed by atoms with Crippen LogP contribution in [0.3, 0.4) is 0 Å². The molecule has 1 aliphatic carbocycles. The van der Waals surface area contributed by atoms with Crippen LogP contribution in [0.2, 0.25) is 5.02 Å². The summed E-state index contributed by atoms with van der Waals surface area (Å²) in [6.07, 6.45) is 5.46. The molecule has 1 aromatic carbocycles. The Hall–Kier alpha value is -1.59. The molecule has 1 saturated heterocycles. The smallest absolute Gasteiger partial charge is 0.409 e. The first-order valence-corrected chi connectivity index (χ1v) is 11.5. The average Bonchev–Trinajstić information content (AvgIpc) is 2.83. The van der Waals surface area contributed by atoms with Gasteiger partial charge in [0.15, 0.2) is 0 Å². The number of aryl methyl sites for hydroxylation is 2. The van der Waals surface area contributed by atoms with Crippen molar-refractivity contribution in [3.05, 3.63) is 62.3 Å². The van der Waals surface area contributed by atoms with Crippen LogP contribution in [0, 0.1) is 5.92 Å². The van der Waals surface area contributed by atoms with Crippen LogP contribution < -0.4 is 0 Å². The van der Waals surface area contributed by atoms with E-state index in [0.717, 1.165) is 40.9 Å². The minimum atomic E-state index is -0.215. The molecule has 0 radical (unpaired) electrons. The molecule has 4 nitrogen and oxygen atoms in total. The SMILES string of the molecule is CCOC(=O)N1CCC(C2(C)c3ccc(Cl)cc3CCc3cc(Br)cnc32)CC1. The Morgan fingerprint density at radius 1 is 1.28 bits per heavy atom. The number of aromatic nitrogens is 1. The first kappa shape index (κ1) is 20.7. The maximum atomic E-state index is 12.2. The fourth-order valence-corrected chi connectivity index (χ4v) is 5.65. The Kier molecular flexibility index (Phi) is 5.90. The monoisotopic (exact) mass is 476 g/mol. The molecule has 1 fully saturated rings. The molecule has 1 unspecified atom stereocenters. The summed E-state index contributed by atoms with van der Waals surface area (Å²) in [6, 6.07) is 8.51. The van der Waals surface area contributed by atoms with Crippen LogP contribution in [0.15, 0.2) is 34.9 Å². The molecule has 1 aromatic heterocycles. The topological polar surface area (TPSA) is 42.4 Å². The quantitative estimate of drug-likeness (QED) is 0.551. The number of fused-ring (bicyclic) bond motifs is 2. The molecule has 1 aliphatic heterocycles. The zero-order valence-electron chi connectivity index (χ0n) is 16.9. The van der Waals surface area contributed by atoms with Crippen LogP contribution in [0.25, 0.3) is 0 Å². The van der Waals surface area contributed by atoms with Crippen molar-refractivity contribution in [1.82, 2.24) is 9.88 Å². The lowest BCUT2D eigenvalue weighted by molar-refractivity contribution is 0.0840. The van der Waals surface area contributed by atoms with Gasteiger partial charge in [0.1, 0.15) is 0 Å². The summed E-state index contributed by atoms with van der Waals surface area (Å²) in [4.78, 5) is 18.9. The third-order valence-electron chi connectivity index (χ3n) is 6.55. The van der Waals surface area contributed by atoms with E-state index in [2.05, 4.69) is 41.1 Å². The molecule has 2 heterocycles. The molecule has 2 aliphatic rings. The number of carbonyl (C=O) groups excluding carboxylic acids is 1. The summed E-state index contributed by atoms with van der Waals surface area (Å²) in [6.45, 7) is 6.02. The summed E-state index contributed by atoms with van der Waals surface area (Å²) >= 11 is 9.94. The Bertz CT molecular complexity index is 872. The van der Waals surface area contributed by atoms with E-state index < -0.39 is 0 Å². The standard InChI is InChI=1S/C23H26BrClN2O2/c1-3-29-22(28)27-10-8-17(9-11-27)23(2)20-7-6-19(25)13-15(20)4-5-16-12-18(24)14-26-21(16)23/h6-7,12-14,17H,3-5,8-11H2,1-2H3. The largest absolute Gasteiger partial charge is 0.450 e. The second-order valence-electron chi connectivity index (χ2n) is 8.13. The van der Waals surface area contributed by atoms with Gasteiger partial charge >= 0.3 is 6.09 Å². The van der Waals surface area contributed by atoms with Crippen molar-refractivity contribution in [3.8, 4) is 0 Å². The van der Waals surface area contributed by atoms with E-state index >= 15 is 0 Å². The highest BCUT2D eigenvalue weighted by Gasteiger charge is 2.44. The predicted octanol–water partition coefficient (Wildman–Crippen LogP) is 5.77. The van der Waals surface area contributed by atoms with Crippen molar-refractivity contribution in [3.63, 3.8) is 0 Å². The van der Waals surface area contributed by atoms with E-state index in [1.165, 1.54) is 16.7 Å². The van der Waals surface area contributed by atoms with E-state index in [-0.39, 0.29) is 11.5 Å². The van der Waals surface area contributed by atoms with Gasteiger partial charge < -0.3 is 9.64 Å². The number of hydrogen-bond donors (Lipinski definition) is 0. The minimum absolute atomic E-state index is 0.202. The number of piperidine rings is 1. The minimum Gasteiger partial charge on any atom is -0.450 e. The molecule has 1 amide bonds. The normalized spacial score (nSPS) is 21.9. The van der Waals surface area contributed by atoms with Crippen molar-refractivity contribution in [2.45, 2.75) is 44.9 Å². The predicted molar refractivity (Wildman–Crippen MR) is 119 cm³/mol. The molecule has 29 heavy (non-hydrogen) atoms. The van der Waals surface area contributed by atoms with Gasteiger partial charge in [0.2, 0.25) is 0 Å². The Morgan fingerprint density at radius 2 is 2.00 bits per heavy atom. The van der Waals surface area contributed by atoms with Gasteiger partial charge in [-0.3, -0.25) is 4.98 Å². The molecule has 1 atom stereocenters. The molecule has 0 N–H and O–H groups in total. The summed E-state index contributed by atoms with van der Waals surface area (Å²) in [5, 5.41) is 0.781. The molecule has 4 rings (SSSR count). The van der Waals surface area contributed by atoms with Gasteiger partial charge in [-0.25, -0.2) is 4.79 Å². The number of nitrogens with zero attached hydrogens (tertiary/aromatic N) is 2. The van der Waals surface area contributed by atoms with Crippen molar-refractivity contribution in [2.75, 3.05) is 19.7 Å². The summed E-state index contributed by atoms with van der Waals surface area (Å²) in [5.74, 6) is 0.388. The van der Waals surface area contributed by atoms with Crippen LogP contribution in [0.1, 0.15) is 49.1 Å². The van der Waals surface area contributed by atoms with Crippen molar-refractivity contribution < 1.29 is 9.53 Å². The van der Waals surface area contributed by atoms with Gasteiger partial charge in [-0.2, -0.15) is 0 Å². The van der Waals surface area contributed by atoms with Crippen molar-refractivity contribution >= 4 is 33.6 Å². The number of ether oxygens (including phenoxy) is 1. The maximum Gasteiger partial charge on any atom is 0.409 e.